The number of ether oxygens (including phenoxy) is 1. The van der Waals surface area contributed by atoms with E-state index in [1.54, 1.807) is 7.11 Å². The normalized spacial score (nSPS) is 21.4. The van der Waals surface area contributed by atoms with E-state index in [9.17, 15) is 10.4 Å². The fourth-order valence-corrected chi connectivity index (χ4v) is 5.55. The van der Waals surface area contributed by atoms with Gasteiger partial charge in [-0.15, -0.1) is 0 Å². The molecule has 0 atom stereocenters. The van der Waals surface area contributed by atoms with Crippen molar-refractivity contribution in [2.24, 2.45) is 11.3 Å². The van der Waals surface area contributed by atoms with Crippen molar-refractivity contribution in [3.8, 4) is 11.8 Å². The average molecular weight is 439 g/mol. The molecule has 0 bridgehead atoms. The molecular formula is C26H38N4O2. The molecule has 1 aromatic rings. The number of nitriles is 1. The number of hydrogen-bond donors (Lipinski definition) is 3. The smallest absolute Gasteiger partial charge is 0.135 e. The van der Waals surface area contributed by atoms with E-state index >= 15 is 0 Å². The number of likely N-dealkylation sites (tertiary alicyclic amines) is 1. The number of aliphatic hydroxyl groups excluding tert-OH is 1. The van der Waals surface area contributed by atoms with Gasteiger partial charge in [0.2, 0.25) is 0 Å². The topological polar surface area (TPSA) is 80.5 Å². The number of fused-ring (bicyclic) bond motifs is 1. The number of benzene rings is 1. The van der Waals surface area contributed by atoms with Crippen LogP contribution in [0.2, 0.25) is 0 Å². The summed E-state index contributed by atoms with van der Waals surface area (Å²) < 4.78 is 5.36. The van der Waals surface area contributed by atoms with Crippen molar-refractivity contribution >= 4 is 11.4 Å². The Bertz CT molecular complexity index is 846. The van der Waals surface area contributed by atoms with Crippen molar-refractivity contribution in [2.45, 2.75) is 57.8 Å². The summed E-state index contributed by atoms with van der Waals surface area (Å²) in [6.07, 6.45) is 10.5. The second-order valence-corrected chi connectivity index (χ2v) is 9.79. The molecule has 0 aromatic heterocycles. The number of piperidine rings is 1. The number of nitrogens with zero attached hydrogens (tertiary/aromatic N) is 2. The second-order valence-electron chi connectivity index (χ2n) is 9.79. The highest BCUT2D eigenvalue weighted by atomic mass is 16.5. The molecule has 1 saturated heterocycles. The SMILES string of the molecule is COc1ccc2c(c1)C(NCCC1CCN(CCC3(C#N)CCCCC3)CC1)=C(O)CN2. The third-order valence-corrected chi connectivity index (χ3v) is 7.75. The van der Waals surface area contributed by atoms with Crippen LogP contribution in [0, 0.1) is 22.7 Å². The van der Waals surface area contributed by atoms with Crippen LogP contribution in [0.5, 0.6) is 5.75 Å². The molecule has 2 aliphatic heterocycles. The Labute approximate surface area is 192 Å². The van der Waals surface area contributed by atoms with Crippen LogP contribution in [0.25, 0.3) is 5.70 Å². The van der Waals surface area contributed by atoms with Crippen LogP contribution >= 0.6 is 0 Å². The molecular weight excluding hydrogens is 400 g/mol. The van der Waals surface area contributed by atoms with E-state index in [1.807, 2.05) is 18.2 Å². The molecule has 1 aromatic carbocycles. The van der Waals surface area contributed by atoms with Gasteiger partial charge >= 0.3 is 0 Å². The number of aliphatic hydroxyl groups is 1. The van der Waals surface area contributed by atoms with Crippen LogP contribution in [0.3, 0.4) is 0 Å². The predicted octanol–water partition coefficient (Wildman–Crippen LogP) is 4.90. The van der Waals surface area contributed by atoms with Crippen molar-refractivity contribution in [1.82, 2.24) is 10.2 Å². The quantitative estimate of drug-likeness (QED) is 0.535. The molecule has 1 saturated carbocycles. The first-order valence-corrected chi connectivity index (χ1v) is 12.3. The largest absolute Gasteiger partial charge is 0.508 e. The first kappa shape index (κ1) is 22.8. The van der Waals surface area contributed by atoms with Gasteiger partial charge in [-0.3, -0.25) is 0 Å². The van der Waals surface area contributed by atoms with Gasteiger partial charge in [0, 0.05) is 17.8 Å². The van der Waals surface area contributed by atoms with Crippen molar-refractivity contribution in [1.29, 1.82) is 5.26 Å². The Morgan fingerprint density at radius 2 is 2.03 bits per heavy atom. The van der Waals surface area contributed by atoms with Gasteiger partial charge in [0.1, 0.15) is 11.5 Å². The van der Waals surface area contributed by atoms with Crippen molar-refractivity contribution in [3.63, 3.8) is 0 Å². The number of nitrogens with one attached hydrogen (secondary N) is 2. The minimum absolute atomic E-state index is 0.0530. The highest BCUT2D eigenvalue weighted by Crippen LogP contribution is 2.39. The van der Waals surface area contributed by atoms with E-state index in [0.717, 1.165) is 74.6 Å². The molecule has 0 amide bonds. The van der Waals surface area contributed by atoms with Gasteiger partial charge in [-0.25, -0.2) is 0 Å². The number of methoxy groups -OCH3 is 1. The second kappa shape index (κ2) is 10.5. The number of anilines is 1. The molecule has 0 spiro atoms. The van der Waals surface area contributed by atoms with E-state index in [2.05, 4.69) is 21.6 Å². The third kappa shape index (κ3) is 5.32. The Kier molecular flexibility index (Phi) is 7.47. The predicted molar refractivity (Wildman–Crippen MR) is 129 cm³/mol. The molecule has 174 valence electrons. The molecule has 4 rings (SSSR count). The number of hydrogen-bond acceptors (Lipinski definition) is 6. The van der Waals surface area contributed by atoms with E-state index in [4.69, 9.17) is 4.74 Å². The average Bonchev–Trinajstić information content (AvgIpc) is 2.85. The lowest BCUT2D eigenvalue weighted by Crippen LogP contribution is -2.37. The van der Waals surface area contributed by atoms with Gasteiger partial charge in [-0.2, -0.15) is 5.26 Å². The lowest BCUT2D eigenvalue weighted by Gasteiger charge is -2.36. The van der Waals surface area contributed by atoms with E-state index in [-0.39, 0.29) is 5.41 Å². The van der Waals surface area contributed by atoms with Crippen LogP contribution < -0.4 is 15.4 Å². The lowest BCUT2D eigenvalue weighted by molar-refractivity contribution is 0.146. The van der Waals surface area contributed by atoms with Crippen LogP contribution in [0.4, 0.5) is 5.69 Å². The summed E-state index contributed by atoms with van der Waals surface area (Å²) in [4.78, 5) is 2.57. The molecule has 6 heteroatoms. The molecule has 6 nitrogen and oxygen atoms in total. The third-order valence-electron chi connectivity index (χ3n) is 7.75. The maximum atomic E-state index is 10.4. The van der Waals surface area contributed by atoms with Crippen LogP contribution in [0.15, 0.2) is 24.0 Å². The van der Waals surface area contributed by atoms with Crippen molar-refractivity contribution in [2.75, 3.05) is 45.2 Å². The summed E-state index contributed by atoms with van der Waals surface area (Å²) in [5.74, 6) is 1.86. The Morgan fingerprint density at radius 3 is 2.75 bits per heavy atom. The maximum Gasteiger partial charge on any atom is 0.135 e. The molecule has 32 heavy (non-hydrogen) atoms. The zero-order valence-corrected chi connectivity index (χ0v) is 19.5. The van der Waals surface area contributed by atoms with Gasteiger partial charge in [-0.1, -0.05) is 19.3 Å². The molecule has 3 N–H and O–H groups in total. The van der Waals surface area contributed by atoms with Crippen molar-refractivity contribution in [3.05, 3.63) is 29.5 Å². The molecule has 2 fully saturated rings. The Morgan fingerprint density at radius 1 is 1.25 bits per heavy atom. The Balaban J connectivity index is 1.22. The first-order valence-electron chi connectivity index (χ1n) is 12.3. The summed E-state index contributed by atoms with van der Waals surface area (Å²) in [6.45, 7) is 4.67. The Hall–Kier alpha value is -2.39. The van der Waals surface area contributed by atoms with Gasteiger partial charge in [0.05, 0.1) is 30.8 Å². The molecule has 0 unspecified atom stereocenters. The maximum absolute atomic E-state index is 10.4. The van der Waals surface area contributed by atoms with Crippen LogP contribution in [-0.2, 0) is 0 Å². The zero-order valence-electron chi connectivity index (χ0n) is 19.5. The minimum Gasteiger partial charge on any atom is -0.508 e. The summed E-state index contributed by atoms with van der Waals surface area (Å²) in [5.41, 5.74) is 2.76. The highest BCUT2D eigenvalue weighted by molar-refractivity contribution is 5.80. The van der Waals surface area contributed by atoms with E-state index in [0.29, 0.717) is 18.2 Å². The van der Waals surface area contributed by atoms with E-state index < -0.39 is 0 Å². The fraction of sp³-hybridized carbons (Fsp3) is 0.654. The summed E-state index contributed by atoms with van der Waals surface area (Å²) in [7, 11) is 1.66. The summed E-state index contributed by atoms with van der Waals surface area (Å²) in [5, 5.41) is 26.9. The minimum atomic E-state index is -0.0530. The molecule has 2 heterocycles. The highest BCUT2D eigenvalue weighted by Gasteiger charge is 2.32. The van der Waals surface area contributed by atoms with E-state index in [1.165, 1.54) is 32.1 Å². The van der Waals surface area contributed by atoms with Gasteiger partial charge in [0.15, 0.2) is 0 Å². The summed E-state index contributed by atoms with van der Waals surface area (Å²) in [6, 6.07) is 8.58. The van der Waals surface area contributed by atoms with Gasteiger partial charge in [-0.05, 0) is 82.3 Å². The lowest BCUT2D eigenvalue weighted by atomic mass is 9.73. The first-order chi connectivity index (χ1) is 15.6. The number of rotatable bonds is 8. The van der Waals surface area contributed by atoms with Crippen LogP contribution in [0.1, 0.15) is 63.4 Å². The molecule has 3 aliphatic rings. The monoisotopic (exact) mass is 438 g/mol. The molecule has 0 radical (unpaired) electrons. The fourth-order valence-electron chi connectivity index (χ4n) is 5.55. The van der Waals surface area contributed by atoms with Crippen LogP contribution in [-0.4, -0.2) is 49.8 Å². The van der Waals surface area contributed by atoms with Gasteiger partial charge in [0.25, 0.3) is 0 Å². The summed E-state index contributed by atoms with van der Waals surface area (Å²) >= 11 is 0. The standard InChI is InChI=1S/C26H38N4O2/c1-32-21-5-6-23-22(17-21)25(24(31)18-29-23)28-13-7-20-8-14-30(15-9-20)16-12-26(19-27)10-3-2-4-11-26/h5-6,17,20,28-29,31H,2-4,7-16,18H2,1H3. The molecule has 1 aliphatic carbocycles. The van der Waals surface area contributed by atoms with Crippen molar-refractivity contribution < 1.29 is 9.84 Å². The zero-order chi connectivity index (χ0) is 22.4. The van der Waals surface area contributed by atoms with Gasteiger partial charge < -0.3 is 25.4 Å².